The number of anilines is 1. The number of nitrogens with zero attached hydrogens (tertiary/aromatic N) is 3. The minimum Gasteiger partial charge on any atom is -0.379 e. The Morgan fingerprint density at radius 2 is 1.91 bits per heavy atom. The van der Waals surface area contributed by atoms with Crippen molar-refractivity contribution in [3.05, 3.63) is 53.9 Å². The number of aromatic nitrogens is 2. The quantitative estimate of drug-likeness (QED) is 0.576. The van der Waals surface area contributed by atoms with Crippen molar-refractivity contribution in [1.29, 1.82) is 0 Å². The number of ether oxygens (including phenoxy) is 1. The Balaban J connectivity index is 1.44. The number of hydrogen-bond donors (Lipinski definition) is 2. The molecule has 1 aromatic carbocycles. The van der Waals surface area contributed by atoms with E-state index in [9.17, 15) is 4.79 Å². The Bertz CT molecular complexity index is 1180. The average molecular weight is 462 g/mol. The molecule has 2 atom stereocenters. The lowest BCUT2D eigenvalue weighted by molar-refractivity contribution is 0.0342. The second kappa shape index (κ2) is 9.04. The number of hydrogen-bond acceptors (Lipinski definition) is 5. The standard InChI is InChI=1S/C27H35N5O2/c1-18-4-9-24(27(18,2)3)30-25-22(26(28)33)15-29-32-17-21(14-23(25)32)20-7-5-19(6-8-20)16-31-10-12-34-13-11-31/h5-8,14-15,17-18,24,30H,4,9-13,16H2,1-3H3,(H2,28,33)/t18?,24-/m1/s1. The van der Waals surface area contributed by atoms with Crippen molar-refractivity contribution >= 4 is 17.1 Å². The molecule has 5 rings (SSSR count). The molecule has 1 saturated carbocycles. The molecule has 1 saturated heterocycles. The van der Waals surface area contributed by atoms with E-state index in [1.165, 1.54) is 12.0 Å². The third-order valence-corrected chi connectivity index (χ3v) is 8.07. The number of nitrogens with two attached hydrogens (primary N) is 1. The second-order valence-corrected chi connectivity index (χ2v) is 10.4. The van der Waals surface area contributed by atoms with Gasteiger partial charge in [0.1, 0.15) is 0 Å². The number of morpholine rings is 1. The number of benzene rings is 1. The molecule has 3 aromatic rings. The molecule has 2 aliphatic rings. The molecule has 3 heterocycles. The maximum Gasteiger partial charge on any atom is 0.252 e. The topological polar surface area (TPSA) is 84.9 Å². The van der Waals surface area contributed by atoms with E-state index in [1.807, 2.05) is 10.7 Å². The van der Waals surface area contributed by atoms with Crippen LogP contribution in [0.3, 0.4) is 0 Å². The molecule has 180 valence electrons. The molecule has 2 aromatic heterocycles. The van der Waals surface area contributed by atoms with Crippen LogP contribution in [0.1, 0.15) is 49.5 Å². The minimum atomic E-state index is -0.462. The summed E-state index contributed by atoms with van der Waals surface area (Å²) < 4.78 is 7.29. The first-order valence-corrected chi connectivity index (χ1v) is 12.3. The van der Waals surface area contributed by atoms with E-state index in [2.05, 4.69) is 66.4 Å². The number of amides is 1. The van der Waals surface area contributed by atoms with Crippen molar-refractivity contribution in [3.63, 3.8) is 0 Å². The average Bonchev–Trinajstić information content (AvgIpc) is 3.37. The molecule has 1 aliphatic heterocycles. The van der Waals surface area contributed by atoms with Crippen LogP contribution in [0.25, 0.3) is 16.6 Å². The number of fused-ring (bicyclic) bond motifs is 1. The smallest absolute Gasteiger partial charge is 0.252 e. The summed E-state index contributed by atoms with van der Waals surface area (Å²) in [5.74, 6) is 0.148. The van der Waals surface area contributed by atoms with Crippen LogP contribution in [0.15, 0.2) is 42.7 Å². The molecule has 0 bridgehead atoms. The zero-order chi connectivity index (χ0) is 23.9. The van der Waals surface area contributed by atoms with Gasteiger partial charge in [-0.05, 0) is 41.4 Å². The number of nitrogens with one attached hydrogen (secondary N) is 1. The number of rotatable bonds is 6. The first-order valence-electron chi connectivity index (χ1n) is 12.3. The maximum atomic E-state index is 12.3. The molecule has 7 heteroatoms. The number of carbonyl (C=O) groups is 1. The molecule has 1 unspecified atom stereocenters. The van der Waals surface area contributed by atoms with Crippen molar-refractivity contribution in [2.75, 3.05) is 31.6 Å². The van der Waals surface area contributed by atoms with Gasteiger partial charge in [-0.2, -0.15) is 5.10 Å². The summed E-state index contributed by atoms with van der Waals surface area (Å²) in [7, 11) is 0. The van der Waals surface area contributed by atoms with Gasteiger partial charge in [0.05, 0.1) is 36.2 Å². The van der Waals surface area contributed by atoms with Crippen LogP contribution in [0, 0.1) is 11.3 Å². The van der Waals surface area contributed by atoms with E-state index >= 15 is 0 Å². The lowest BCUT2D eigenvalue weighted by Crippen LogP contribution is -2.35. The molecule has 1 aliphatic carbocycles. The molecule has 0 radical (unpaired) electrons. The van der Waals surface area contributed by atoms with Gasteiger partial charge in [-0.25, -0.2) is 4.52 Å². The van der Waals surface area contributed by atoms with Gasteiger partial charge in [-0.15, -0.1) is 0 Å². The predicted octanol–water partition coefficient (Wildman–Crippen LogP) is 4.17. The number of primary amides is 1. The number of carbonyl (C=O) groups excluding carboxylic acids is 1. The molecule has 7 nitrogen and oxygen atoms in total. The minimum absolute atomic E-state index is 0.126. The summed E-state index contributed by atoms with van der Waals surface area (Å²) in [5.41, 5.74) is 11.4. The summed E-state index contributed by atoms with van der Waals surface area (Å²) in [6, 6.07) is 11.1. The largest absolute Gasteiger partial charge is 0.379 e. The van der Waals surface area contributed by atoms with Crippen LogP contribution in [-0.2, 0) is 11.3 Å². The Hall–Kier alpha value is -2.90. The fraction of sp³-hybridized carbons (Fsp3) is 0.481. The fourth-order valence-electron chi connectivity index (χ4n) is 5.31. The van der Waals surface area contributed by atoms with Crippen LogP contribution < -0.4 is 11.1 Å². The maximum absolute atomic E-state index is 12.3. The van der Waals surface area contributed by atoms with Crippen LogP contribution in [0.5, 0.6) is 0 Å². The van der Waals surface area contributed by atoms with E-state index in [0.29, 0.717) is 11.5 Å². The lowest BCUT2D eigenvalue weighted by atomic mass is 9.80. The summed E-state index contributed by atoms with van der Waals surface area (Å²) in [5, 5.41) is 8.18. The van der Waals surface area contributed by atoms with Crippen molar-refractivity contribution in [2.24, 2.45) is 17.1 Å². The molecule has 34 heavy (non-hydrogen) atoms. The monoisotopic (exact) mass is 461 g/mol. The highest BCUT2D eigenvalue weighted by atomic mass is 16.5. The first-order chi connectivity index (χ1) is 16.3. The van der Waals surface area contributed by atoms with Gasteiger partial charge < -0.3 is 15.8 Å². The summed E-state index contributed by atoms with van der Waals surface area (Å²) in [6.07, 6.45) is 5.84. The third-order valence-electron chi connectivity index (χ3n) is 8.07. The third kappa shape index (κ3) is 4.30. The fourth-order valence-corrected chi connectivity index (χ4v) is 5.31. The van der Waals surface area contributed by atoms with Crippen molar-refractivity contribution in [3.8, 4) is 11.1 Å². The van der Waals surface area contributed by atoms with E-state index in [0.717, 1.165) is 61.6 Å². The zero-order valence-corrected chi connectivity index (χ0v) is 20.4. The van der Waals surface area contributed by atoms with Crippen LogP contribution >= 0.6 is 0 Å². The van der Waals surface area contributed by atoms with E-state index in [1.54, 1.807) is 6.20 Å². The van der Waals surface area contributed by atoms with Gasteiger partial charge in [-0.1, -0.05) is 45.0 Å². The van der Waals surface area contributed by atoms with Crippen molar-refractivity contribution < 1.29 is 9.53 Å². The molecule has 0 spiro atoms. The van der Waals surface area contributed by atoms with Gasteiger partial charge in [-0.3, -0.25) is 9.69 Å². The van der Waals surface area contributed by atoms with Crippen LogP contribution in [-0.4, -0.2) is 52.8 Å². The lowest BCUT2D eigenvalue weighted by Gasteiger charge is -2.33. The van der Waals surface area contributed by atoms with Crippen LogP contribution in [0.2, 0.25) is 0 Å². The van der Waals surface area contributed by atoms with Gasteiger partial charge >= 0.3 is 0 Å². The van der Waals surface area contributed by atoms with Gasteiger partial charge in [0.25, 0.3) is 5.91 Å². The van der Waals surface area contributed by atoms with Crippen molar-refractivity contribution in [2.45, 2.75) is 46.2 Å². The highest BCUT2D eigenvalue weighted by Gasteiger charge is 2.41. The SMILES string of the molecule is CC1CC[C@@H](Nc2c(C(N)=O)cnn3cc(-c4ccc(CN5CCOCC5)cc4)cc23)C1(C)C. The Labute approximate surface area is 201 Å². The van der Waals surface area contributed by atoms with E-state index < -0.39 is 5.91 Å². The molecule has 1 amide bonds. The Morgan fingerprint density at radius 3 is 2.56 bits per heavy atom. The summed E-state index contributed by atoms with van der Waals surface area (Å²) in [6.45, 7) is 11.4. The van der Waals surface area contributed by atoms with Gasteiger partial charge in [0.2, 0.25) is 0 Å². The second-order valence-electron chi connectivity index (χ2n) is 10.4. The first kappa shape index (κ1) is 22.9. The Kier molecular flexibility index (Phi) is 6.08. The van der Waals surface area contributed by atoms with E-state index in [4.69, 9.17) is 10.5 Å². The predicted molar refractivity (Wildman–Crippen MR) is 135 cm³/mol. The molecule has 3 N–H and O–H groups in total. The summed E-state index contributed by atoms with van der Waals surface area (Å²) >= 11 is 0. The highest BCUT2D eigenvalue weighted by molar-refractivity contribution is 6.02. The van der Waals surface area contributed by atoms with Crippen molar-refractivity contribution in [1.82, 2.24) is 14.5 Å². The highest BCUT2D eigenvalue weighted by Crippen LogP contribution is 2.44. The molecular formula is C27H35N5O2. The molecule has 2 fully saturated rings. The van der Waals surface area contributed by atoms with Gasteiger partial charge in [0.15, 0.2) is 0 Å². The van der Waals surface area contributed by atoms with Crippen LogP contribution in [0.4, 0.5) is 5.69 Å². The molecular weight excluding hydrogens is 426 g/mol. The zero-order valence-electron chi connectivity index (χ0n) is 20.4. The van der Waals surface area contributed by atoms with Gasteiger partial charge in [0, 0.05) is 37.4 Å². The van der Waals surface area contributed by atoms with E-state index in [-0.39, 0.29) is 11.5 Å². The Morgan fingerprint density at radius 1 is 1.18 bits per heavy atom. The summed E-state index contributed by atoms with van der Waals surface area (Å²) in [4.78, 5) is 14.7. The normalized spacial score (nSPS) is 22.8.